The van der Waals surface area contributed by atoms with E-state index in [0.29, 0.717) is 0 Å². The first-order valence-electron chi connectivity index (χ1n) is 5.75. The fraction of sp³-hybridized carbons (Fsp3) is 0.154. The fourth-order valence-electron chi connectivity index (χ4n) is 1.50. The summed E-state index contributed by atoms with van der Waals surface area (Å²) in [5.41, 5.74) is 0. The first kappa shape index (κ1) is 14.1. The van der Waals surface area contributed by atoms with E-state index >= 15 is 0 Å². The molecule has 0 amide bonds. The third-order valence-electron chi connectivity index (χ3n) is 2.37. The molecule has 0 saturated carbocycles. The summed E-state index contributed by atoms with van der Waals surface area (Å²) in [5.74, 6) is 3.33. The molecule has 0 fully saturated rings. The van der Waals surface area contributed by atoms with E-state index < -0.39 is 0 Å². The molecule has 0 spiro atoms. The second-order valence-corrected chi connectivity index (χ2v) is 8.48. The molecule has 0 atom stereocenters. The Balaban J connectivity index is 1.66. The predicted octanol–water partition coefficient (Wildman–Crippen LogP) is 4.94. The van der Waals surface area contributed by atoms with Gasteiger partial charge in [-0.25, -0.2) is 0 Å². The van der Waals surface area contributed by atoms with Gasteiger partial charge in [0, 0.05) is 0 Å². The average molecular weight is 342 g/mol. The molecule has 0 unspecified atom stereocenters. The van der Waals surface area contributed by atoms with E-state index in [1.165, 1.54) is 22.7 Å². The minimum absolute atomic E-state index is 0.133. The Bertz CT molecular complexity index is 636. The molecule has 104 valence electrons. The summed E-state index contributed by atoms with van der Waals surface area (Å²) in [6.07, 6.45) is 3.33. The second-order valence-electron chi connectivity index (χ2n) is 3.77. The van der Waals surface area contributed by atoms with Gasteiger partial charge in [-0.3, -0.25) is 4.79 Å². The van der Waals surface area contributed by atoms with Crippen LogP contribution in [0.15, 0.2) is 58.8 Å². The van der Waals surface area contributed by atoms with Gasteiger partial charge in [0.15, 0.2) is 0 Å². The van der Waals surface area contributed by atoms with E-state index in [2.05, 4.69) is 0 Å². The molecule has 0 saturated heterocycles. The van der Waals surface area contributed by atoms with Crippen LogP contribution in [0.1, 0.15) is 11.5 Å². The summed E-state index contributed by atoms with van der Waals surface area (Å²) in [6.45, 7) is 0. The maximum atomic E-state index is 11.6. The lowest BCUT2D eigenvalue weighted by Gasteiger charge is -2.00. The van der Waals surface area contributed by atoms with E-state index in [9.17, 15) is 4.79 Å². The molecule has 3 rings (SSSR count). The summed E-state index contributed by atoms with van der Waals surface area (Å²) < 4.78 is 12.9. The van der Waals surface area contributed by atoms with Crippen molar-refractivity contribution < 1.29 is 8.83 Å². The van der Waals surface area contributed by atoms with E-state index in [-0.39, 0.29) is 4.06 Å². The summed E-state index contributed by atoms with van der Waals surface area (Å²) in [6, 6.07) is 7.63. The molecule has 3 nitrogen and oxygen atoms in total. The average Bonchev–Trinajstić information content (AvgIpc) is 3.16. The van der Waals surface area contributed by atoms with Gasteiger partial charge in [0.2, 0.25) is 0 Å². The van der Waals surface area contributed by atoms with E-state index in [1.807, 2.05) is 24.3 Å². The predicted molar refractivity (Wildman–Crippen MR) is 85.0 cm³/mol. The van der Waals surface area contributed by atoms with E-state index in [4.69, 9.17) is 8.83 Å². The van der Waals surface area contributed by atoms with Crippen LogP contribution in [0, 0.1) is 0 Å². The molecule has 3 aromatic rings. The number of rotatable bonds is 6. The molecular formula is C13H10O3S4. The number of hydrogen-bond acceptors (Lipinski definition) is 7. The molecule has 0 N–H and O–H groups in total. The molecule has 3 heterocycles. The highest BCUT2D eigenvalue weighted by Crippen LogP contribution is 2.39. The summed E-state index contributed by atoms with van der Waals surface area (Å²) in [4.78, 5) is 11.6. The molecular weight excluding hydrogens is 332 g/mol. The van der Waals surface area contributed by atoms with Crippen molar-refractivity contribution in [1.29, 1.82) is 0 Å². The van der Waals surface area contributed by atoms with Crippen LogP contribution < -0.4 is 4.06 Å². The Labute approximate surface area is 132 Å². The zero-order valence-electron chi connectivity index (χ0n) is 10.2. The molecule has 0 radical (unpaired) electrons. The minimum Gasteiger partial charge on any atom is -0.468 e. The topological polar surface area (TPSA) is 43.4 Å². The van der Waals surface area contributed by atoms with Gasteiger partial charge >= 0.3 is 0 Å². The second kappa shape index (κ2) is 6.71. The maximum absolute atomic E-state index is 11.6. The Kier molecular flexibility index (Phi) is 4.72. The first-order valence-corrected chi connectivity index (χ1v) is 9.36. The van der Waals surface area contributed by atoms with Crippen molar-refractivity contribution in [2.45, 2.75) is 19.9 Å². The lowest BCUT2D eigenvalue weighted by atomic mass is 10.5. The van der Waals surface area contributed by atoms with Crippen molar-refractivity contribution in [2.24, 2.45) is 0 Å². The van der Waals surface area contributed by atoms with Crippen molar-refractivity contribution in [2.75, 3.05) is 0 Å². The molecule has 0 aliphatic rings. The van der Waals surface area contributed by atoms with Crippen LogP contribution in [0.2, 0.25) is 0 Å². The number of furan rings is 2. The largest absolute Gasteiger partial charge is 0.468 e. The van der Waals surface area contributed by atoms with Crippen LogP contribution in [0.4, 0.5) is 0 Å². The summed E-state index contributed by atoms with van der Waals surface area (Å²) in [5, 5.41) is 0. The Hall–Kier alpha value is -0.890. The highest BCUT2D eigenvalue weighted by atomic mass is 32.2. The molecule has 0 aliphatic heterocycles. The van der Waals surface area contributed by atoms with Crippen LogP contribution in [0.5, 0.6) is 0 Å². The van der Waals surface area contributed by atoms with Crippen LogP contribution in [0.3, 0.4) is 0 Å². The normalized spacial score (nSPS) is 11.0. The summed E-state index contributed by atoms with van der Waals surface area (Å²) in [7, 11) is 0. The van der Waals surface area contributed by atoms with Crippen LogP contribution >= 0.6 is 46.2 Å². The lowest BCUT2D eigenvalue weighted by Crippen LogP contribution is -1.76. The molecule has 0 bridgehead atoms. The fourth-order valence-corrected chi connectivity index (χ4v) is 6.54. The Morgan fingerprint density at radius 1 is 0.900 bits per heavy atom. The van der Waals surface area contributed by atoms with E-state index in [1.54, 1.807) is 36.1 Å². The zero-order chi connectivity index (χ0) is 13.8. The van der Waals surface area contributed by atoms with Crippen LogP contribution in [0.25, 0.3) is 0 Å². The van der Waals surface area contributed by atoms with Gasteiger partial charge in [0.05, 0.1) is 32.5 Å². The number of thioether (sulfide) groups is 2. The molecule has 7 heteroatoms. The Morgan fingerprint density at radius 2 is 1.40 bits per heavy atom. The van der Waals surface area contributed by atoms with Gasteiger partial charge in [-0.1, -0.05) is 22.7 Å². The van der Waals surface area contributed by atoms with Crippen molar-refractivity contribution in [3.05, 3.63) is 57.2 Å². The van der Waals surface area contributed by atoms with Gasteiger partial charge in [-0.15, -0.1) is 23.5 Å². The zero-order valence-corrected chi connectivity index (χ0v) is 13.5. The number of hydrogen-bond donors (Lipinski definition) is 0. The van der Waals surface area contributed by atoms with E-state index in [0.717, 1.165) is 31.4 Å². The van der Waals surface area contributed by atoms with Crippen molar-refractivity contribution in [3.8, 4) is 0 Å². The van der Waals surface area contributed by atoms with Crippen molar-refractivity contribution in [3.63, 3.8) is 0 Å². The van der Waals surface area contributed by atoms with Gasteiger partial charge in [-0.2, -0.15) is 0 Å². The monoisotopic (exact) mass is 342 g/mol. The van der Waals surface area contributed by atoms with Gasteiger partial charge in [0.25, 0.3) is 4.06 Å². The van der Waals surface area contributed by atoms with Crippen LogP contribution in [-0.4, -0.2) is 0 Å². The van der Waals surface area contributed by atoms with Gasteiger partial charge < -0.3 is 8.83 Å². The third kappa shape index (κ3) is 3.60. The molecule has 3 aromatic heterocycles. The minimum atomic E-state index is 0.133. The maximum Gasteiger partial charge on any atom is 0.289 e. The highest BCUT2D eigenvalue weighted by Gasteiger charge is 2.12. The van der Waals surface area contributed by atoms with Gasteiger partial charge in [-0.05, 0) is 24.3 Å². The van der Waals surface area contributed by atoms with Crippen molar-refractivity contribution in [1.82, 2.24) is 0 Å². The smallest absolute Gasteiger partial charge is 0.289 e. The SMILES string of the molecule is O=c1sc(SCc2ccco2)c(SCc2ccco2)s1. The molecule has 20 heavy (non-hydrogen) atoms. The first-order chi connectivity index (χ1) is 9.81. The van der Waals surface area contributed by atoms with Crippen molar-refractivity contribution >= 4 is 46.2 Å². The third-order valence-corrected chi connectivity index (χ3v) is 7.50. The Morgan fingerprint density at radius 3 is 1.80 bits per heavy atom. The van der Waals surface area contributed by atoms with Crippen LogP contribution in [-0.2, 0) is 11.5 Å². The highest BCUT2D eigenvalue weighted by molar-refractivity contribution is 8.04. The standard InChI is InChI=1S/C13H10O3S4/c14-13-19-11(17-7-9-3-1-5-15-9)12(20-13)18-8-10-4-2-6-16-10/h1-6H,7-8H2. The molecule has 0 aliphatic carbocycles. The molecule has 0 aromatic carbocycles. The lowest BCUT2D eigenvalue weighted by molar-refractivity contribution is 0.530. The quantitative estimate of drug-likeness (QED) is 0.594. The van der Waals surface area contributed by atoms with Gasteiger partial charge in [0.1, 0.15) is 11.5 Å². The summed E-state index contributed by atoms with van der Waals surface area (Å²) >= 11 is 5.91.